The van der Waals surface area contributed by atoms with E-state index in [2.05, 4.69) is 5.32 Å². The molecular weight excluding hydrogens is 386 g/mol. The molecule has 1 heterocycles. The smallest absolute Gasteiger partial charge is 0.408 e. The highest BCUT2D eigenvalue weighted by Crippen LogP contribution is 2.25. The fourth-order valence-corrected chi connectivity index (χ4v) is 3.72. The van der Waals surface area contributed by atoms with Crippen LogP contribution in [0.15, 0.2) is 0 Å². The average molecular weight is 428 g/mol. The Morgan fingerprint density at radius 2 is 1.73 bits per heavy atom. The maximum Gasteiger partial charge on any atom is 0.408 e. The Balaban J connectivity index is 2.41. The number of rotatable bonds is 8. The van der Waals surface area contributed by atoms with Crippen LogP contribution in [0.2, 0.25) is 0 Å². The van der Waals surface area contributed by atoms with E-state index < -0.39 is 29.4 Å². The summed E-state index contributed by atoms with van der Waals surface area (Å²) in [4.78, 5) is 39.6. The van der Waals surface area contributed by atoms with Gasteiger partial charge in [0.05, 0.1) is 0 Å². The lowest BCUT2D eigenvalue weighted by molar-refractivity contribution is -0.137. The molecule has 1 aliphatic rings. The van der Waals surface area contributed by atoms with Crippen LogP contribution < -0.4 is 5.32 Å². The molecule has 1 saturated heterocycles. The predicted octanol–water partition coefficient (Wildman–Crippen LogP) is 4.23. The third-order valence-corrected chi connectivity index (χ3v) is 5.02. The van der Waals surface area contributed by atoms with Crippen molar-refractivity contribution in [2.24, 2.45) is 0 Å². The van der Waals surface area contributed by atoms with Crippen LogP contribution >= 0.6 is 0 Å². The van der Waals surface area contributed by atoms with E-state index >= 15 is 0 Å². The van der Waals surface area contributed by atoms with Crippen LogP contribution in [-0.4, -0.2) is 69.8 Å². The number of alkyl carbamates (subject to hydrolysis) is 1. The predicted molar refractivity (Wildman–Crippen MR) is 117 cm³/mol. The van der Waals surface area contributed by atoms with Crippen molar-refractivity contribution in [2.45, 2.75) is 104 Å². The standard InChI is InChI=1S/C22H41N3O5/c1-21(2,3)25(20(28)29)17-13-9-12-16-24(18(17)26)15-11-8-7-10-14-23-19(27)30-22(4,5)6/h17H,7-16H2,1-6H3,(H,23,27)(H,28,29)/t17-/m0/s1. The van der Waals surface area contributed by atoms with Gasteiger partial charge < -0.3 is 20.1 Å². The Morgan fingerprint density at radius 1 is 1.10 bits per heavy atom. The molecule has 1 aliphatic heterocycles. The molecule has 1 atom stereocenters. The number of nitrogens with one attached hydrogen (secondary N) is 1. The minimum atomic E-state index is -1.04. The molecule has 0 aromatic rings. The summed E-state index contributed by atoms with van der Waals surface area (Å²) in [6.07, 6.45) is 4.51. The Morgan fingerprint density at radius 3 is 2.30 bits per heavy atom. The maximum atomic E-state index is 13.1. The SMILES string of the molecule is CC(C)(C)OC(=O)NCCCCCCN1CCCC[C@H](N(C(=O)O)C(C)(C)C)C1=O. The lowest BCUT2D eigenvalue weighted by Crippen LogP contribution is -2.56. The topological polar surface area (TPSA) is 99.2 Å². The summed E-state index contributed by atoms with van der Waals surface area (Å²) < 4.78 is 5.20. The van der Waals surface area contributed by atoms with Crippen molar-refractivity contribution in [1.82, 2.24) is 15.1 Å². The van der Waals surface area contributed by atoms with Crippen molar-refractivity contribution in [3.05, 3.63) is 0 Å². The fourth-order valence-electron chi connectivity index (χ4n) is 3.72. The molecule has 0 radical (unpaired) electrons. The molecule has 1 rings (SSSR count). The second-order valence-electron chi connectivity index (χ2n) is 10.0. The Hall–Kier alpha value is -1.99. The first kappa shape index (κ1) is 26.0. The molecule has 30 heavy (non-hydrogen) atoms. The molecule has 2 N–H and O–H groups in total. The minimum absolute atomic E-state index is 0.0728. The fraction of sp³-hybridized carbons (Fsp3) is 0.864. The summed E-state index contributed by atoms with van der Waals surface area (Å²) in [6, 6.07) is -0.608. The Bertz CT molecular complexity index is 580. The first-order valence-electron chi connectivity index (χ1n) is 11.1. The summed E-state index contributed by atoms with van der Waals surface area (Å²) in [5.74, 6) is -0.0728. The molecule has 0 bridgehead atoms. The first-order valence-corrected chi connectivity index (χ1v) is 11.1. The molecule has 0 aromatic carbocycles. The van der Waals surface area contributed by atoms with Crippen LogP contribution in [0.25, 0.3) is 0 Å². The summed E-state index contributed by atoms with van der Waals surface area (Å²) in [5.41, 5.74) is -1.12. The average Bonchev–Trinajstić information content (AvgIpc) is 2.73. The van der Waals surface area contributed by atoms with Gasteiger partial charge in [-0.3, -0.25) is 9.69 Å². The molecule has 0 aliphatic carbocycles. The number of carbonyl (C=O) groups excluding carboxylic acids is 2. The van der Waals surface area contributed by atoms with Crippen LogP contribution in [0, 0.1) is 0 Å². The normalized spacial score (nSPS) is 18.0. The van der Waals surface area contributed by atoms with Gasteiger partial charge in [-0.25, -0.2) is 9.59 Å². The molecular formula is C22H41N3O5. The highest BCUT2D eigenvalue weighted by atomic mass is 16.6. The second-order valence-corrected chi connectivity index (χ2v) is 10.0. The number of hydrogen-bond acceptors (Lipinski definition) is 4. The molecule has 0 saturated carbocycles. The van der Waals surface area contributed by atoms with Crippen LogP contribution in [0.1, 0.15) is 86.5 Å². The van der Waals surface area contributed by atoms with Crippen molar-refractivity contribution in [2.75, 3.05) is 19.6 Å². The van der Waals surface area contributed by atoms with Gasteiger partial charge >= 0.3 is 12.2 Å². The van der Waals surface area contributed by atoms with Gasteiger partial charge in [-0.2, -0.15) is 0 Å². The largest absolute Gasteiger partial charge is 0.465 e. The summed E-state index contributed by atoms with van der Waals surface area (Å²) in [7, 11) is 0. The van der Waals surface area contributed by atoms with Crippen LogP contribution in [0.5, 0.6) is 0 Å². The van der Waals surface area contributed by atoms with Gasteiger partial charge in [-0.1, -0.05) is 12.8 Å². The van der Waals surface area contributed by atoms with Gasteiger partial charge in [0.15, 0.2) is 0 Å². The number of unbranched alkanes of at least 4 members (excludes halogenated alkanes) is 3. The van der Waals surface area contributed by atoms with Crippen molar-refractivity contribution in [1.29, 1.82) is 0 Å². The quantitative estimate of drug-likeness (QED) is 0.565. The Kier molecular flexibility index (Phi) is 9.91. The van der Waals surface area contributed by atoms with E-state index in [4.69, 9.17) is 4.74 Å². The van der Waals surface area contributed by atoms with Crippen molar-refractivity contribution in [3.63, 3.8) is 0 Å². The second kappa shape index (κ2) is 11.4. The van der Waals surface area contributed by atoms with E-state index in [1.165, 1.54) is 4.90 Å². The number of ether oxygens (including phenoxy) is 1. The molecule has 0 spiro atoms. The van der Waals surface area contributed by atoms with Gasteiger partial charge in [-0.05, 0) is 73.6 Å². The number of amides is 3. The van der Waals surface area contributed by atoms with E-state index in [0.29, 0.717) is 26.1 Å². The molecule has 0 unspecified atom stereocenters. The van der Waals surface area contributed by atoms with E-state index in [1.807, 2.05) is 46.4 Å². The summed E-state index contributed by atoms with van der Waals surface area (Å²) in [5, 5.41) is 12.4. The van der Waals surface area contributed by atoms with Gasteiger partial charge in [0.1, 0.15) is 11.6 Å². The lowest BCUT2D eigenvalue weighted by atomic mass is 10.00. The van der Waals surface area contributed by atoms with Crippen molar-refractivity contribution >= 4 is 18.1 Å². The zero-order chi connectivity index (χ0) is 22.9. The molecule has 8 nitrogen and oxygen atoms in total. The summed E-state index contributed by atoms with van der Waals surface area (Å²) in [6.45, 7) is 12.9. The highest BCUT2D eigenvalue weighted by molar-refractivity contribution is 5.86. The molecule has 174 valence electrons. The number of carboxylic acid groups (broad SMARTS) is 1. The summed E-state index contributed by atoms with van der Waals surface area (Å²) >= 11 is 0. The van der Waals surface area contributed by atoms with Crippen LogP contribution in [0.3, 0.4) is 0 Å². The number of carbonyl (C=O) groups is 3. The Labute approximate surface area is 181 Å². The third-order valence-electron chi connectivity index (χ3n) is 5.02. The van der Waals surface area contributed by atoms with Gasteiger partial charge in [0.25, 0.3) is 0 Å². The van der Waals surface area contributed by atoms with Crippen LogP contribution in [-0.2, 0) is 9.53 Å². The lowest BCUT2D eigenvalue weighted by Gasteiger charge is -2.39. The van der Waals surface area contributed by atoms with E-state index in [-0.39, 0.29) is 5.91 Å². The van der Waals surface area contributed by atoms with E-state index in [9.17, 15) is 19.5 Å². The zero-order valence-corrected chi connectivity index (χ0v) is 19.6. The minimum Gasteiger partial charge on any atom is -0.465 e. The van der Waals surface area contributed by atoms with E-state index in [0.717, 1.165) is 38.5 Å². The highest BCUT2D eigenvalue weighted by Gasteiger charge is 2.39. The first-order chi connectivity index (χ1) is 13.8. The van der Waals surface area contributed by atoms with Crippen molar-refractivity contribution in [3.8, 4) is 0 Å². The third kappa shape index (κ3) is 9.22. The van der Waals surface area contributed by atoms with Gasteiger partial charge in [0.2, 0.25) is 5.91 Å². The molecule has 0 aromatic heterocycles. The number of nitrogens with zero attached hydrogens (tertiary/aromatic N) is 2. The zero-order valence-electron chi connectivity index (χ0n) is 19.6. The maximum absolute atomic E-state index is 13.1. The number of likely N-dealkylation sites (tertiary alicyclic amines) is 1. The van der Waals surface area contributed by atoms with E-state index in [1.54, 1.807) is 0 Å². The molecule has 8 heteroatoms. The molecule has 3 amide bonds. The molecule has 1 fully saturated rings. The monoisotopic (exact) mass is 427 g/mol. The van der Waals surface area contributed by atoms with Crippen LogP contribution in [0.4, 0.5) is 9.59 Å². The number of hydrogen-bond donors (Lipinski definition) is 2. The van der Waals surface area contributed by atoms with Gasteiger partial charge in [-0.15, -0.1) is 0 Å². The van der Waals surface area contributed by atoms with Crippen molar-refractivity contribution < 1.29 is 24.2 Å². The van der Waals surface area contributed by atoms with Gasteiger partial charge in [0, 0.05) is 25.2 Å².